The van der Waals surface area contributed by atoms with Crippen LogP contribution in [0.2, 0.25) is 0 Å². The quantitative estimate of drug-likeness (QED) is 0.399. The molecule has 0 aromatic heterocycles. The van der Waals surface area contributed by atoms with Crippen LogP contribution in [0.3, 0.4) is 0 Å². The molecule has 0 rings (SSSR count). The van der Waals surface area contributed by atoms with Crippen molar-refractivity contribution in [1.29, 1.82) is 0 Å². The summed E-state index contributed by atoms with van der Waals surface area (Å²) in [7, 11) is 0. The molecule has 1 amide bonds. The zero-order valence-corrected chi connectivity index (χ0v) is 11.1. The van der Waals surface area contributed by atoms with Gasteiger partial charge in [0.1, 0.15) is 12.6 Å². The molecule has 0 aromatic carbocycles. The second-order valence-corrected chi connectivity index (χ2v) is 3.35. The van der Waals surface area contributed by atoms with Gasteiger partial charge in [-0.05, 0) is 13.8 Å². The Morgan fingerprint density at radius 1 is 1.16 bits per heavy atom. The maximum Gasteiger partial charge on any atom is 0.408 e. The van der Waals surface area contributed by atoms with E-state index in [1.54, 1.807) is 13.8 Å². The molecule has 0 radical (unpaired) electrons. The van der Waals surface area contributed by atoms with Crippen molar-refractivity contribution in [2.24, 2.45) is 0 Å². The number of alkyl carbamates (subject to hydrolysis) is 1. The van der Waals surface area contributed by atoms with Crippen molar-refractivity contribution in [3.63, 3.8) is 0 Å². The van der Waals surface area contributed by atoms with Crippen LogP contribution in [0.15, 0.2) is 12.7 Å². The first-order chi connectivity index (χ1) is 9.04. The van der Waals surface area contributed by atoms with Crippen LogP contribution in [-0.4, -0.2) is 43.9 Å². The third kappa shape index (κ3) is 7.80. The van der Waals surface area contributed by atoms with Crippen molar-refractivity contribution in [1.82, 2.24) is 5.32 Å². The molecule has 7 heteroatoms. The van der Waals surface area contributed by atoms with Gasteiger partial charge >= 0.3 is 18.0 Å². The maximum absolute atomic E-state index is 11.6. The molecule has 0 bridgehead atoms. The molecular weight excluding hydrogens is 254 g/mol. The number of amides is 1. The van der Waals surface area contributed by atoms with E-state index in [0.29, 0.717) is 0 Å². The van der Waals surface area contributed by atoms with Crippen LogP contribution in [0.4, 0.5) is 4.79 Å². The number of ether oxygens (including phenoxy) is 3. The van der Waals surface area contributed by atoms with Gasteiger partial charge < -0.3 is 19.5 Å². The first kappa shape index (κ1) is 16.9. The molecule has 0 aromatic rings. The van der Waals surface area contributed by atoms with Crippen LogP contribution in [0.25, 0.3) is 0 Å². The minimum absolute atomic E-state index is 0.000779. The minimum Gasteiger partial charge on any atom is -0.466 e. The Morgan fingerprint density at radius 3 is 2.32 bits per heavy atom. The summed E-state index contributed by atoms with van der Waals surface area (Å²) in [6.07, 6.45) is 0.238. The molecule has 0 unspecified atom stereocenters. The van der Waals surface area contributed by atoms with E-state index in [4.69, 9.17) is 9.47 Å². The number of nitrogens with one attached hydrogen (secondary N) is 1. The average molecular weight is 273 g/mol. The van der Waals surface area contributed by atoms with E-state index in [9.17, 15) is 14.4 Å². The number of rotatable bonds is 8. The molecule has 0 aliphatic rings. The van der Waals surface area contributed by atoms with Gasteiger partial charge in [-0.1, -0.05) is 12.7 Å². The minimum atomic E-state index is -1.13. The van der Waals surface area contributed by atoms with Gasteiger partial charge in [0.15, 0.2) is 0 Å². The predicted molar refractivity (Wildman–Crippen MR) is 66.4 cm³/mol. The lowest BCUT2D eigenvalue weighted by atomic mass is 10.2. The Morgan fingerprint density at radius 2 is 1.79 bits per heavy atom. The zero-order chi connectivity index (χ0) is 14.7. The Hall–Kier alpha value is -2.05. The summed E-state index contributed by atoms with van der Waals surface area (Å²) < 4.78 is 14.1. The van der Waals surface area contributed by atoms with Gasteiger partial charge in [-0.15, -0.1) is 0 Å². The predicted octanol–water partition coefficient (Wildman–Crippen LogP) is 0.784. The molecular formula is C12H19NO6. The summed E-state index contributed by atoms with van der Waals surface area (Å²) >= 11 is 0. The number of carbonyl (C=O) groups is 3. The topological polar surface area (TPSA) is 90.9 Å². The van der Waals surface area contributed by atoms with E-state index >= 15 is 0 Å². The molecule has 0 aliphatic heterocycles. The highest BCUT2D eigenvalue weighted by Crippen LogP contribution is 2.00. The van der Waals surface area contributed by atoms with E-state index in [2.05, 4.69) is 16.6 Å². The van der Waals surface area contributed by atoms with Crippen molar-refractivity contribution in [3.05, 3.63) is 12.7 Å². The number of esters is 2. The molecule has 19 heavy (non-hydrogen) atoms. The molecule has 0 spiro atoms. The number of carbonyl (C=O) groups excluding carboxylic acids is 3. The summed E-state index contributed by atoms with van der Waals surface area (Å²) in [5.41, 5.74) is 0. The number of hydrogen-bond donors (Lipinski definition) is 1. The normalized spacial score (nSPS) is 11.1. The molecule has 0 heterocycles. The first-order valence-corrected chi connectivity index (χ1v) is 5.91. The van der Waals surface area contributed by atoms with Gasteiger partial charge in [-0.2, -0.15) is 0 Å². The SMILES string of the molecule is C=CCOC(=O)N[C@H](CC(=O)OCC)C(=O)OCC. The Bertz CT molecular complexity index is 328. The fourth-order valence-corrected chi connectivity index (χ4v) is 1.14. The van der Waals surface area contributed by atoms with E-state index in [1.165, 1.54) is 6.08 Å². The van der Waals surface area contributed by atoms with Crippen LogP contribution in [-0.2, 0) is 23.8 Å². The number of hydrogen-bond acceptors (Lipinski definition) is 6. The lowest BCUT2D eigenvalue weighted by Gasteiger charge is -2.16. The molecule has 0 saturated carbocycles. The summed E-state index contributed by atoms with van der Waals surface area (Å²) in [6, 6.07) is -1.13. The third-order valence-electron chi connectivity index (χ3n) is 1.87. The van der Waals surface area contributed by atoms with Crippen LogP contribution in [0.5, 0.6) is 0 Å². The van der Waals surface area contributed by atoms with Gasteiger partial charge in [0.25, 0.3) is 0 Å². The van der Waals surface area contributed by atoms with Crippen LogP contribution >= 0.6 is 0 Å². The highest BCUT2D eigenvalue weighted by molar-refractivity contribution is 5.86. The summed E-state index contributed by atoms with van der Waals surface area (Å²) in [6.45, 7) is 6.97. The Labute approximate surface area is 111 Å². The summed E-state index contributed by atoms with van der Waals surface area (Å²) in [5, 5.41) is 2.24. The summed E-state index contributed by atoms with van der Waals surface area (Å²) in [4.78, 5) is 34.2. The van der Waals surface area contributed by atoms with Gasteiger partial charge in [0.2, 0.25) is 0 Å². The van der Waals surface area contributed by atoms with E-state index < -0.39 is 24.1 Å². The smallest absolute Gasteiger partial charge is 0.408 e. The molecule has 0 fully saturated rings. The molecule has 7 nitrogen and oxygen atoms in total. The van der Waals surface area contributed by atoms with Gasteiger partial charge in [-0.25, -0.2) is 9.59 Å². The first-order valence-electron chi connectivity index (χ1n) is 5.91. The largest absolute Gasteiger partial charge is 0.466 e. The highest BCUT2D eigenvalue weighted by Gasteiger charge is 2.26. The zero-order valence-electron chi connectivity index (χ0n) is 11.1. The van der Waals surface area contributed by atoms with Crippen LogP contribution in [0.1, 0.15) is 20.3 Å². The summed E-state index contributed by atoms with van der Waals surface area (Å²) in [5.74, 6) is -1.32. The van der Waals surface area contributed by atoms with Crippen molar-refractivity contribution in [3.8, 4) is 0 Å². The maximum atomic E-state index is 11.6. The van der Waals surface area contributed by atoms with Gasteiger partial charge in [0.05, 0.1) is 19.6 Å². The molecule has 0 saturated heterocycles. The molecule has 1 N–H and O–H groups in total. The molecule has 1 atom stereocenters. The lowest BCUT2D eigenvalue weighted by molar-refractivity contribution is -0.152. The Kier molecular flexibility index (Phi) is 8.86. The van der Waals surface area contributed by atoms with Crippen molar-refractivity contribution < 1.29 is 28.6 Å². The standard InChI is InChI=1S/C12H19NO6/c1-4-7-19-12(16)13-9(11(15)18-6-3)8-10(14)17-5-2/h4,9H,1,5-8H2,2-3H3,(H,13,16)/t9-/m1/s1. The lowest BCUT2D eigenvalue weighted by Crippen LogP contribution is -2.43. The van der Waals surface area contributed by atoms with Crippen LogP contribution < -0.4 is 5.32 Å². The van der Waals surface area contributed by atoms with E-state index in [0.717, 1.165) is 0 Å². The van der Waals surface area contributed by atoms with Gasteiger partial charge in [0, 0.05) is 0 Å². The average Bonchev–Trinajstić information content (AvgIpc) is 2.36. The highest BCUT2D eigenvalue weighted by atomic mass is 16.6. The van der Waals surface area contributed by atoms with Crippen molar-refractivity contribution in [2.45, 2.75) is 26.3 Å². The fraction of sp³-hybridized carbons (Fsp3) is 0.583. The van der Waals surface area contributed by atoms with Crippen LogP contribution in [0, 0.1) is 0 Å². The van der Waals surface area contributed by atoms with E-state index in [1.807, 2.05) is 0 Å². The monoisotopic (exact) mass is 273 g/mol. The fourth-order valence-electron chi connectivity index (χ4n) is 1.14. The Balaban J connectivity index is 4.48. The van der Waals surface area contributed by atoms with Gasteiger partial charge in [-0.3, -0.25) is 4.79 Å². The van der Waals surface area contributed by atoms with E-state index in [-0.39, 0.29) is 26.2 Å². The second kappa shape index (κ2) is 9.93. The molecule has 108 valence electrons. The molecule has 0 aliphatic carbocycles. The second-order valence-electron chi connectivity index (χ2n) is 3.35. The van der Waals surface area contributed by atoms with Crippen molar-refractivity contribution in [2.75, 3.05) is 19.8 Å². The van der Waals surface area contributed by atoms with Crippen molar-refractivity contribution >= 4 is 18.0 Å². The third-order valence-corrected chi connectivity index (χ3v) is 1.87.